The van der Waals surface area contributed by atoms with Gasteiger partial charge in [-0.2, -0.15) is 5.26 Å². The fraction of sp³-hybridized carbons (Fsp3) is 0.478. The standard InChI is InChI=1S/C23H28N2O2S/c1-6-27-19-10-7-15(11-20(19)26-5)14-25-22-18(13-24)17-9-8-16(23(2,3)4)12-21(17)28-22/h7,10-11,14,16H,6,8-9,12H2,1-5H3/t16-/m1/s1. The Bertz CT molecular complexity index is 916. The molecule has 0 amide bonds. The molecule has 0 aliphatic heterocycles. The first-order chi connectivity index (χ1) is 13.4. The molecular formula is C23H28N2O2S. The summed E-state index contributed by atoms with van der Waals surface area (Å²) in [4.78, 5) is 6.00. The number of nitrogens with zero attached hydrogens (tertiary/aromatic N) is 2. The predicted octanol–water partition coefficient (Wildman–Crippen LogP) is 5.93. The summed E-state index contributed by atoms with van der Waals surface area (Å²) in [6.07, 6.45) is 4.96. The minimum atomic E-state index is 0.288. The van der Waals surface area contributed by atoms with Crippen LogP contribution < -0.4 is 9.47 Å². The fourth-order valence-corrected chi connectivity index (χ4v) is 4.91. The molecule has 28 heavy (non-hydrogen) atoms. The van der Waals surface area contributed by atoms with Gasteiger partial charge in [-0.1, -0.05) is 20.8 Å². The van der Waals surface area contributed by atoms with Gasteiger partial charge >= 0.3 is 0 Å². The molecule has 1 aliphatic rings. The lowest BCUT2D eigenvalue weighted by Crippen LogP contribution is -2.26. The molecule has 0 unspecified atom stereocenters. The molecule has 0 saturated carbocycles. The number of nitriles is 1. The van der Waals surface area contributed by atoms with E-state index in [1.807, 2.05) is 25.1 Å². The van der Waals surface area contributed by atoms with Crippen LogP contribution in [0.4, 0.5) is 5.00 Å². The monoisotopic (exact) mass is 396 g/mol. The van der Waals surface area contributed by atoms with Crippen LogP contribution in [-0.2, 0) is 12.8 Å². The van der Waals surface area contributed by atoms with Gasteiger partial charge in [0.2, 0.25) is 0 Å². The largest absolute Gasteiger partial charge is 0.493 e. The third kappa shape index (κ3) is 4.23. The molecule has 3 rings (SSSR count). The lowest BCUT2D eigenvalue weighted by molar-refractivity contribution is 0.218. The summed E-state index contributed by atoms with van der Waals surface area (Å²) >= 11 is 1.67. The SMILES string of the molecule is CCOc1ccc(C=Nc2sc3c(c2C#N)CC[C@@H](C(C)(C)C)C3)cc1OC. The summed E-state index contributed by atoms with van der Waals surface area (Å²) in [5.41, 5.74) is 3.17. The highest BCUT2D eigenvalue weighted by atomic mass is 32.1. The van der Waals surface area contributed by atoms with E-state index in [1.165, 1.54) is 10.4 Å². The molecule has 0 bridgehead atoms. The molecule has 4 nitrogen and oxygen atoms in total. The average molecular weight is 397 g/mol. The quantitative estimate of drug-likeness (QED) is 0.589. The van der Waals surface area contributed by atoms with Gasteiger partial charge in [0, 0.05) is 11.1 Å². The minimum absolute atomic E-state index is 0.288. The third-order valence-corrected chi connectivity index (χ3v) is 6.56. The third-order valence-electron chi connectivity index (χ3n) is 5.40. The van der Waals surface area contributed by atoms with Crippen molar-refractivity contribution in [2.75, 3.05) is 13.7 Å². The predicted molar refractivity (Wildman–Crippen MR) is 115 cm³/mol. The van der Waals surface area contributed by atoms with Crippen LogP contribution in [0.5, 0.6) is 11.5 Å². The number of benzene rings is 1. The summed E-state index contributed by atoms with van der Waals surface area (Å²) in [5.74, 6) is 2.06. The molecule has 148 valence electrons. The zero-order chi connectivity index (χ0) is 20.3. The molecule has 5 heteroatoms. The van der Waals surface area contributed by atoms with Crippen LogP contribution in [0.3, 0.4) is 0 Å². The van der Waals surface area contributed by atoms with Crippen LogP contribution >= 0.6 is 11.3 Å². The van der Waals surface area contributed by atoms with E-state index in [0.717, 1.165) is 41.1 Å². The van der Waals surface area contributed by atoms with Crippen molar-refractivity contribution in [2.45, 2.75) is 47.0 Å². The van der Waals surface area contributed by atoms with Crippen LogP contribution in [0.15, 0.2) is 23.2 Å². The molecule has 0 saturated heterocycles. The van der Waals surface area contributed by atoms with E-state index in [0.29, 0.717) is 18.3 Å². The highest BCUT2D eigenvalue weighted by Crippen LogP contribution is 2.44. The van der Waals surface area contributed by atoms with Crippen molar-refractivity contribution in [2.24, 2.45) is 16.3 Å². The highest BCUT2D eigenvalue weighted by molar-refractivity contribution is 7.16. The van der Waals surface area contributed by atoms with Gasteiger partial charge in [-0.05, 0) is 66.8 Å². The summed E-state index contributed by atoms with van der Waals surface area (Å²) < 4.78 is 11.0. The molecule has 1 aliphatic carbocycles. The smallest absolute Gasteiger partial charge is 0.161 e. The Morgan fingerprint density at radius 2 is 2.11 bits per heavy atom. The highest BCUT2D eigenvalue weighted by Gasteiger charge is 2.32. The molecule has 0 spiro atoms. The number of rotatable bonds is 5. The second-order valence-electron chi connectivity index (χ2n) is 8.20. The summed E-state index contributed by atoms with van der Waals surface area (Å²) in [6, 6.07) is 8.14. The van der Waals surface area contributed by atoms with E-state index in [4.69, 9.17) is 9.47 Å². The Morgan fingerprint density at radius 3 is 2.75 bits per heavy atom. The lowest BCUT2D eigenvalue weighted by atomic mass is 9.72. The second kappa shape index (κ2) is 8.36. The minimum Gasteiger partial charge on any atom is -0.493 e. The fourth-order valence-electron chi connectivity index (χ4n) is 3.69. The maximum Gasteiger partial charge on any atom is 0.161 e. The first-order valence-corrected chi connectivity index (χ1v) is 10.6. The molecular weight excluding hydrogens is 368 g/mol. The Morgan fingerprint density at radius 1 is 1.32 bits per heavy atom. The number of hydrogen-bond donors (Lipinski definition) is 0. The molecule has 1 atom stereocenters. The molecule has 1 aromatic heterocycles. The van der Waals surface area contributed by atoms with Gasteiger partial charge in [0.25, 0.3) is 0 Å². The van der Waals surface area contributed by atoms with Crippen LogP contribution in [0.25, 0.3) is 0 Å². The number of fused-ring (bicyclic) bond motifs is 1. The van der Waals surface area contributed by atoms with Crippen LogP contribution in [0.1, 0.15) is 55.7 Å². The molecule has 1 heterocycles. The summed E-state index contributed by atoms with van der Waals surface area (Å²) in [7, 11) is 1.63. The van der Waals surface area contributed by atoms with E-state index in [1.54, 1.807) is 24.7 Å². The van der Waals surface area contributed by atoms with Gasteiger partial charge in [-0.15, -0.1) is 11.3 Å². The van der Waals surface area contributed by atoms with Crippen molar-refractivity contribution in [1.82, 2.24) is 0 Å². The lowest BCUT2D eigenvalue weighted by Gasteiger charge is -2.33. The van der Waals surface area contributed by atoms with Crippen molar-refractivity contribution in [3.63, 3.8) is 0 Å². The molecule has 1 aromatic carbocycles. The van der Waals surface area contributed by atoms with E-state index in [2.05, 4.69) is 31.8 Å². The Balaban J connectivity index is 1.87. The van der Waals surface area contributed by atoms with Gasteiger partial charge in [0.1, 0.15) is 11.1 Å². The van der Waals surface area contributed by atoms with Crippen molar-refractivity contribution >= 4 is 22.6 Å². The summed E-state index contributed by atoms with van der Waals surface area (Å²) in [6.45, 7) is 9.45. The topological polar surface area (TPSA) is 54.6 Å². The van der Waals surface area contributed by atoms with E-state index >= 15 is 0 Å². The van der Waals surface area contributed by atoms with Crippen molar-refractivity contribution < 1.29 is 9.47 Å². The van der Waals surface area contributed by atoms with Crippen LogP contribution in [0.2, 0.25) is 0 Å². The molecule has 0 radical (unpaired) electrons. The van der Waals surface area contributed by atoms with Crippen molar-refractivity contribution in [1.29, 1.82) is 5.26 Å². The average Bonchev–Trinajstić information content (AvgIpc) is 3.03. The number of methoxy groups -OCH3 is 1. The van der Waals surface area contributed by atoms with Gasteiger partial charge in [-0.3, -0.25) is 0 Å². The first-order valence-electron chi connectivity index (χ1n) is 9.76. The summed E-state index contributed by atoms with van der Waals surface area (Å²) in [5, 5.41) is 10.5. The maximum atomic E-state index is 9.71. The normalized spacial score (nSPS) is 16.6. The Labute approximate surface area is 171 Å². The van der Waals surface area contributed by atoms with Crippen LogP contribution in [-0.4, -0.2) is 19.9 Å². The van der Waals surface area contributed by atoms with Crippen molar-refractivity contribution in [3.8, 4) is 17.6 Å². The molecule has 0 N–H and O–H groups in total. The van der Waals surface area contributed by atoms with Gasteiger partial charge in [0.15, 0.2) is 11.5 Å². The van der Waals surface area contributed by atoms with E-state index in [9.17, 15) is 5.26 Å². The van der Waals surface area contributed by atoms with Crippen molar-refractivity contribution in [3.05, 3.63) is 39.8 Å². The van der Waals surface area contributed by atoms with Crippen LogP contribution in [0, 0.1) is 22.7 Å². The van der Waals surface area contributed by atoms with Gasteiger partial charge in [-0.25, -0.2) is 4.99 Å². The Kier molecular flexibility index (Phi) is 6.10. The zero-order valence-corrected chi connectivity index (χ0v) is 18.2. The second-order valence-corrected chi connectivity index (χ2v) is 9.29. The number of thiophene rings is 1. The number of ether oxygens (including phenoxy) is 2. The number of hydrogen-bond acceptors (Lipinski definition) is 5. The molecule has 0 fully saturated rings. The number of aliphatic imine (C=N–C) groups is 1. The first kappa shape index (κ1) is 20.4. The Hall–Kier alpha value is -2.32. The zero-order valence-electron chi connectivity index (χ0n) is 17.3. The van der Waals surface area contributed by atoms with E-state index in [-0.39, 0.29) is 5.41 Å². The maximum absolute atomic E-state index is 9.71. The van der Waals surface area contributed by atoms with Gasteiger partial charge < -0.3 is 9.47 Å². The van der Waals surface area contributed by atoms with Gasteiger partial charge in [0.05, 0.1) is 19.3 Å². The van der Waals surface area contributed by atoms with E-state index < -0.39 is 0 Å². The molecule has 2 aromatic rings.